The van der Waals surface area contributed by atoms with Crippen molar-refractivity contribution in [3.8, 4) is 11.5 Å². The fourth-order valence-electron chi connectivity index (χ4n) is 2.19. The van der Waals surface area contributed by atoms with Gasteiger partial charge in [0.25, 0.3) is 0 Å². The molecule has 2 aromatic rings. The lowest BCUT2D eigenvalue weighted by Crippen LogP contribution is -2.29. The SMILES string of the molecule is CC1(C)Oc2ccc(NCc3ccc(F)c(F)c3)cc2O1. The number of hydrogen-bond acceptors (Lipinski definition) is 3. The van der Waals surface area contributed by atoms with Gasteiger partial charge >= 0.3 is 0 Å². The summed E-state index contributed by atoms with van der Waals surface area (Å²) in [4.78, 5) is 0. The molecule has 0 unspecified atom stereocenters. The zero-order valence-corrected chi connectivity index (χ0v) is 11.7. The highest BCUT2D eigenvalue weighted by molar-refractivity contribution is 5.56. The highest BCUT2D eigenvalue weighted by Crippen LogP contribution is 2.40. The topological polar surface area (TPSA) is 30.5 Å². The Balaban J connectivity index is 1.71. The maximum Gasteiger partial charge on any atom is 0.246 e. The number of ether oxygens (including phenoxy) is 2. The van der Waals surface area contributed by atoms with Crippen LogP contribution in [0.1, 0.15) is 19.4 Å². The standard InChI is InChI=1S/C16H15F2NO2/c1-16(2)20-14-6-4-11(8-15(14)21-16)19-9-10-3-5-12(17)13(18)7-10/h3-8,19H,9H2,1-2H3. The molecule has 0 amide bonds. The zero-order valence-electron chi connectivity index (χ0n) is 11.7. The van der Waals surface area contributed by atoms with Crippen LogP contribution in [0.2, 0.25) is 0 Å². The molecule has 3 rings (SSSR count). The minimum Gasteiger partial charge on any atom is -0.449 e. The van der Waals surface area contributed by atoms with Crippen molar-refractivity contribution in [3.05, 3.63) is 53.6 Å². The normalized spacial score (nSPS) is 15.0. The van der Waals surface area contributed by atoms with Crippen molar-refractivity contribution in [1.29, 1.82) is 0 Å². The minimum absolute atomic E-state index is 0.389. The number of anilines is 1. The highest BCUT2D eigenvalue weighted by atomic mass is 19.2. The summed E-state index contributed by atoms with van der Waals surface area (Å²) in [5.74, 6) is -0.999. The summed E-state index contributed by atoms with van der Waals surface area (Å²) in [6, 6.07) is 9.33. The predicted molar refractivity (Wildman–Crippen MR) is 75.5 cm³/mol. The predicted octanol–water partition coefficient (Wildman–Crippen LogP) is 4.08. The van der Waals surface area contributed by atoms with Crippen LogP contribution in [0.5, 0.6) is 11.5 Å². The Morgan fingerprint density at radius 3 is 2.48 bits per heavy atom. The third-order valence-electron chi connectivity index (χ3n) is 3.14. The van der Waals surface area contributed by atoms with Crippen molar-refractivity contribution in [3.63, 3.8) is 0 Å². The second-order valence-electron chi connectivity index (χ2n) is 5.37. The lowest BCUT2D eigenvalue weighted by Gasteiger charge is -2.16. The summed E-state index contributed by atoms with van der Waals surface area (Å²) in [5, 5.41) is 3.14. The molecule has 1 aliphatic rings. The largest absolute Gasteiger partial charge is 0.449 e. The summed E-state index contributed by atoms with van der Waals surface area (Å²) >= 11 is 0. The molecule has 0 fully saturated rings. The second-order valence-corrected chi connectivity index (χ2v) is 5.37. The summed E-state index contributed by atoms with van der Waals surface area (Å²) < 4.78 is 37.2. The van der Waals surface area contributed by atoms with E-state index in [9.17, 15) is 8.78 Å². The second kappa shape index (κ2) is 4.91. The van der Waals surface area contributed by atoms with Gasteiger partial charge in [0.05, 0.1) is 0 Å². The van der Waals surface area contributed by atoms with E-state index in [2.05, 4.69) is 5.32 Å². The van der Waals surface area contributed by atoms with Crippen molar-refractivity contribution in [2.75, 3.05) is 5.32 Å². The van der Waals surface area contributed by atoms with E-state index < -0.39 is 17.4 Å². The Bertz CT molecular complexity index is 686. The number of halogens is 2. The van der Waals surface area contributed by atoms with E-state index in [0.717, 1.165) is 11.8 Å². The first-order chi connectivity index (χ1) is 9.93. The fraction of sp³-hybridized carbons (Fsp3) is 0.250. The third-order valence-corrected chi connectivity index (χ3v) is 3.14. The molecule has 3 nitrogen and oxygen atoms in total. The minimum atomic E-state index is -0.846. The van der Waals surface area contributed by atoms with E-state index >= 15 is 0 Å². The van der Waals surface area contributed by atoms with Gasteiger partial charge in [-0.15, -0.1) is 0 Å². The van der Waals surface area contributed by atoms with Crippen molar-refractivity contribution in [2.24, 2.45) is 0 Å². The van der Waals surface area contributed by atoms with Gasteiger partial charge in [-0.2, -0.15) is 0 Å². The molecule has 0 aromatic heterocycles. The summed E-state index contributed by atoms with van der Waals surface area (Å²) in [6.07, 6.45) is 0. The molecule has 0 atom stereocenters. The maximum absolute atomic E-state index is 13.1. The molecule has 110 valence electrons. The molecule has 2 aromatic carbocycles. The molecule has 0 radical (unpaired) electrons. The Morgan fingerprint density at radius 1 is 0.952 bits per heavy atom. The van der Waals surface area contributed by atoms with Crippen LogP contribution < -0.4 is 14.8 Å². The first-order valence-electron chi connectivity index (χ1n) is 6.63. The Morgan fingerprint density at radius 2 is 1.71 bits per heavy atom. The van der Waals surface area contributed by atoms with Crippen LogP contribution in [-0.2, 0) is 6.54 Å². The van der Waals surface area contributed by atoms with Gasteiger partial charge in [-0.1, -0.05) is 6.07 Å². The maximum atomic E-state index is 13.1. The number of rotatable bonds is 3. The highest BCUT2D eigenvalue weighted by Gasteiger charge is 2.31. The van der Waals surface area contributed by atoms with E-state index in [1.807, 2.05) is 32.0 Å². The van der Waals surface area contributed by atoms with Crippen molar-refractivity contribution in [1.82, 2.24) is 0 Å². The van der Waals surface area contributed by atoms with Crippen LogP contribution in [0.15, 0.2) is 36.4 Å². The Hall–Kier alpha value is -2.30. The average molecular weight is 291 g/mol. The van der Waals surface area contributed by atoms with Crippen LogP contribution >= 0.6 is 0 Å². The van der Waals surface area contributed by atoms with E-state index in [-0.39, 0.29) is 0 Å². The first-order valence-corrected chi connectivity index (χ1v) is 6.63. The van der Waals surface area contributed by atoms with Gasteiger partial charge in [0.2, 0.25) is 5.79 Å². The van der Waals surface area contributed by atoms with Crippen LogP contribution in [0.25, 0.3) is 0 Å². The van der Waals surface area contributed by atoms with Gasteiger partial charge in [0.15, 0.2) is 23.1 Å². The molecule has 0 aliphatic carbocycles. The molecule has 1 N–H and O–H groups in total. The van der Waals surface area contributed by atoms with E-state index in [4.69, 9.17) is 9.47 Å². The smallest absolute Gasteiger partial charge is 0.246 e. The zero-order chi connectivity index (χ0) is 15.0. The number of hydrogen-bond donors (Lipinski definition) is 1. The molecular formula is C16H15F2NO2. The summed E-state index contributed by atoms with van der Waals surface area (Å²) in [7, 11) is 0. The van der Waals surface area contributed by atoms with Crippen LogP contribution in [0.3, 0.4) is 0 Å². The van der Waals surface area contributed by atoms with E-state index in [1.165, 1.54) is 6.07 Å². The molecule has 0 bridgehead atoms. The molecule has 0 saturated carbocycles. The molecule has 0 spiro atoms. The van der Waals surface area contributed by atoms with Crippen LogP contribution in [0.4, 0.5) is 14.5 Å². The van der Waals surface area contributed by atoms with Crippen LogP contribution in [-0.4, -0.2) is 5.79 Å². The Kier molecular flexibility index (Phi) is 3.20. The van der Waals surface area contributed by atoms with Crippen molar-refractivity contribution in [2.45, 2.75) is 26.2 Å². The van der Waals surface area contributed by atoms with E-state index in [0.29, 0.717) is 23.6 Å². The lowest BCUT2D eigenvalue weighted by molar-refractivity contribution is -0.0431. The first kappa shape index (κ1) is 13.7. The van der Waals surface area contributed by atoms with Gasteiger partial charge in [-0.05, 0) is 29.8 Å². The van der Waals surface area contributed by atoms with E-state index in [1.54, 1.807) is 6.07 Å². The Labute approximate surface area is 121 Å². The third kappa shape index (κ3) is 2.91. The van der Waals surface area contributed by atoms with Gasteiger partial charge < -0.3 is 14.8 Å². The molecular weight excluding hydrogens is 276 g/mol. The van der Waals surface area contributed by atoms with Gasteiger partial charge in [-0.25, -0.2) is 8.78 Å². The van der Waals surface area contributed by atoms with Crippen molar-refractivity contribution >= 4 is 5.69 Å². The van der Waals surface area contributed by atoms with Crippen LogP contribution in [0, 0.1) is 11.6 Å². The molecule has 1 aliphatic heterocycles. The average Bonchev–Trinajstić information content (AvgIpc) is 2.73. The molecule has 5 heteroatoms. The monoisotopic (exact) mass is 291 g/mol. The van der Waals surface area contributed by atoms with Crippen molar-refractivity contribution < 1.29 is 18.3 Å². The number of fused-ring (bicyclic) bond motifs is 1. The molecule has 1 heterocycles. The van der Waals surface area contributed by atoms with Gasteiger partial charge in [0, 0.05) is 32.1 Å². The quantitative estimate of drug-likeness (QED) is 0.924. The van der Waals surface area contributed by atoms with Gasteiger partial charge in [0.1, 0.15) is 0 Å². The van der Waals surface area contributed by atoms with Gasteiger partial charge in [-0.3, -0.25) is 0 Å². The number of nitrogens with one attached hydrogen (secondary N) is 1. The summed E-state index contributed by atoms with van der Waals surface area (Å²) in [6.45, 7) is 4.06. The molecule has 0 saturated heterocycles. The fourth-order valence-corrected chi connectivity index (χ4v) is 2.19. The molecule has 21 heavy (non-hydrogen) atoms. The number of benzene rings is 2. The lowest BCUT2D eigenvalue weighted by atomic mass is 10.2. The summed E-state index contributed by atoms with van der Waals surface area (Å²) in [5.41, 5.74) is 1.48.